The molecule has 0 radical (unpaired) electrons. The van der Waals surface area contributed by atoms with Gasteiger partial charge in [-0.3, -0.25) is 25.7 Å². The zero-order valence-corrected chi connectivity index (χ0v) is 18.6. The molecule has 1 aliphatic rings. The molecule has 0 aliphatic carbocycles. The number of aromatic nitrogens is 4. The van der Waals surface area contributed by atoms with Gasteiger partial charge in [0.1, 0.15) is 37.2 Å². The Morgan fingerprint density at radius 1 is 1.15 bits per heavy atom. The fraction of sp³-hybridized carbons (Fsp3) is 0.529. The Bertz CT molecular complexity index is 965. The van der Waals surface area contributed by atoms with Crippen molar-refractivity contribution < 1.29 is 0 Å². The predicted octanol–water partition coefficient (Wildman–Crippen LogP) is -0.295. The topological polar surface area (TPSA) is 226 Å². The second kappa shape index (κ2) is 11.9. The van der Waals surface area contributed by atoms with Gasteiger partial charge in [-0.15, -0.1) is 10.2 Å². The van der Waals surface area contributed by atoms with Gasteiger partial charge in [-0.1, -0.05) is 0 Å². The van der Waals surface area contributed by atoms with Gasteiger partial charge in [0, 0.05) is 12.1 Å². The van der Waals surface area contributed by atoms with Crippen molar-refractivity contribution in [1.29, 1.82) is 0 Å². The average molecular weight is 459 g/mol. The number of aromatic amines is 1. The highest BCUT2D eigenvalue weighted by molar-refractivity contribution is 5.82. The first kappa shape index (κ1) is 24.1. The van der Waals surface area contributed by atoms with Gasteiger partial charge < -0.3 is 17.2 Å². The molecule has 0 aromatic carbocycles. The van der Waals surface area contributed by atoms with Gasteiger partial charge in [0.05, 0.1) is 31.9 Å². The Balaban J connectivity index is 1.42. The van der Waals surface area contributed by atoms with Crippen molar-refractivity contribution in [3.63, 3.8) is 0 Å². The SMILES string of the molecule is CC1NC(N)N1CN=C(N)CN=Nc1ccnn1C(C)NCN=C(N)CN=Nc1ccn[nH]1. The normalized spacial score (nSPS) is 21.2. The maximum absolute atomic E-state index is 5.91. The highest BCUT2D eigenvalue weighted by Gasteiger charge is 2.30. The van der Waals surface area contributed by atoms with Crippen LogP contribution in [0.1, 0.15) is 20.0 Å². The molecule has 2 aromatic rings. The van der Waals surface area contributed by atoms with Gasteiger partial charge in [-0.05, 0) is 13.8 Å². The summed E-state index contributed by atoms with van der Waals surface area (Å²) in [5, 5.41) is 33.2. The van der Waals surface area contributed by atoms with E-state index in [4.69, 9.17) is 17.2 Å². The summed E-state index contributed by atoms with van der Waals surface area (Å²) in [5.74, 6) is 1.83. The minimum Gasteiger partial charge on any atom is -0.386 e. The number of azo groups is 2. The smallest absolute Gasteiger partial charge is 0.174 e. The molecule has 0 bridgehead atoms. The molecule has 3 rings (SSSR count). The molecule has 3 atom stereocenters. The molecule has 3 heterocycles. The number of nitrogens with one attached hydrogen (secondary N) is 3. The van der Waals surface area contributed by atoms with E-state index in [0.717, 1.165) is 0 Å². The van der Waals surface area contributed by atoms with Crippen molar-refractivity contribution in [1.82, 2.24) is 35.5 Å². The molecule has 2 aromatic heterocycles. The predicted molar refractivity (Wildman–Crippen MR) is 123 cm³/mol. The molecule has 16 nitrogen and oxygen atoms in total. The van der Waals surface area contributed by atoms with Crippen LogP contribution in [0, 0.1) is 0 Å². The van der Waals surface area contributed by atoms with Gasteiger partial charge in [-0.25, -0.2) is 9.58 Å². The number of amidine groups is 2. The highest BCUT2D eigenvalue weighted by Crippen LogP contribution is 2.15. The maximum Gasteiger partial charge on any atom is 0.174 e. The van der Waals surface area contributed by atoms with Crippen LogP contribution in [0.15, 0.2) is 55.0 Å². The van der Waals surface area contributed by atoms with Crippen molar-refractivity contribution in [3.8, 4) is 0 Å². The average Bonchev–Trinajstić information content (AvgIpc) is 3.46. The number of rotatable bonds is 12. The Hall–Kier alpha value is -3.60. The van der Waals surface area contributed by atoms with E-state index in [0.29, 0.717) is 30.0 Å². The quantitative estimate of drug-likeness (QED) is 0.140. The Morgan fingerprint density at radius 3 is 2.61 bits per heavy atom. The minimum absolute atomic E-state index is 0.172. The number of aliphatic imine (C=N–C) groups is 2. The van der Waals surface area contributed by atoms with Crippen LogP contribution in [-0.2, 0) is 0 Å². The van der Waals surface area contributed by atoms with Crippen molar-refractivity contribution in [2.75, 3.05) is 26.4 Å². The summed E-state index contributed by atoms with van der Waals surface area (Å²) in [4.78, 5) is 10.5. The number of H-pyrrole nitrogens is 1. The standard InChI is InChI=1S/C17H30N16/c1-11(21-9-22-13(18)7-25-30-15-3-5-24-29-15)33-16(4-6-27-33)31-26-8-14(19)23-10-32-12(2)28-17(32)20/h3-6,11-12,17,21,28H,7-10,20H2,1-2H3,(H2,18,22)(H2,19,23)(H,24,29). The van der Waals surface area contributed by atoms with E-state index in [2.05, 4.69) is 56.4 Å². The molecule has 3 unspecified atom stereocenters. The van der Waals surface area contributed by atoms with Crippen molar-refractivity contribution in [2.24, 2.45) is 47.6 Å². The van der Waals surface area contributed by atoms with Crippen LogP contribution < -0.4 is 27.8 Å². The highest BCUT2D eigenvalue weighted by atomic mass is 15.5. The van der Waals surface area contributed by atoms with Crippen LogP contribution >= 0.6 is 0 Å². The van der Waals surface area contributed by atoms with Crippen molar-refractivity contribution in [2.45, 2.75) is 32.5 Å². The van der Waals surface area contributed by atoms with E-state index in [1.54, 1.807) is 29.2 Å². The van der Waals surface area contributed by atoms with Gasteiger partial charge in [-0.2, -0.15) is 20.4 Å². The lowest BCUT2D eigenvalue weighted by atomic mass is 10.3. The second-order valence-electron chi connectivity index (χ2n) is 7.16. The molecule has 9 N–H and O–H groups in total. The maximum atomic E-state index is 5.91. The molecule has 178 valence electrons. The van der Waals surface area contributed by atoms with Gasteiger partial charge in [0.2, 0.25) is 0 Å². The summed E-state index contributed by atoms with van der Waals surface area (Å²) in [6, 6.07) is 3.44. The first-order valence-electron chi connectivity index (χ1n) is 10.3. The molecule has 33 heavy (non-hydrogen) atoms. The van der Waals surface area contributed by atoms with E-state index < -0.39 is 0 Å². The van der Waals surface area contributed by atoms with E-state index in [1.807, 2.05) is 18.7 Å². The number of hydrogen-bond acceptors (Lipinski definition) is 12. The van der Waals surface area contributed by atoms with Gasteiger partial charge in [0.25, 0.3) is 0 Å². The second-order valence-corrected chi connectivity index (χ2v) is 7.16. The first-order chi connectivity index (χ1) is 15.9. The van der Waals surface area contributed by atoms with E-state index >= 15 is 0 Å². The summed E-state index contributed by atoms with van der Waals surface area (Å²) in [7, 11) is 0. The van der Waals surface area contributed by atoms with Crippen LogP contribution in [0.4, 0.5) is 11.6 Å². The molecule has 0 saturated carbocycles. The lowest BCUT2D eigenvalue weighted by Gasteiger charge is -2.44. The van der Waals surface area contributed by atoms with Crippen LogP contribution in [0.2, 0.25) is 0 Å². The molecule has 1 saturated heterocycles. The number of nitrogens with two attached hydrogens (primary N) is 3. The Labute approximate surface area is 190 Å². The van der Waals surface area contributed by atoms with Crippen LogP contribution in [0.25, 0.3) is 0 Å². The van der Waals surface area contributed by atoms with Gasteiger partial charge >= 0.3 is 0 Å². The molecule has 0 amide bonds. The molecule has 16 heteroatoms. The summed E-state index contributed by atoms with van der Waals surface area (Å²) < 4.78 is 1.67. The Kier molecular flexibility index (Phi) is 8.64. The Morgan fingerprint density at radius 2 is 1.91 bits per heavy atom. The van der Waals surface area contributed by atoms with Gasteiger partial charge in [0.15, 0.2) is 11.6 Å². The summed E-state index contributed by atoms with van der Waals surface area (Å²) >= 11 is 0. The fourth-order valence-electron chi connectivity index (χ4n) is 2.80. The largest absolute Gasteiger partial charge is 0.386 e. The summed E-state index contributed by atoms with van der Waals surface area (Å²) in [5.41, 5.74) is 17.6. The van der Waals surface area contributed by atoms with E-state index in [1.165, 1.54) is 0 Å². The third kappa shape index (κ3) is 7.21. The number of nitrogens with zero attached hydrogens (tertiary/aromatic N) is 10. The fourth-order valence-corrected chi connectivity index (χ4v) is 2.80. The molecular weight excluding hydrogens is 428 g/mol. The summed E-state index contributed by atoms with van der Waals surface area (Å²) in [6.07, 6.45) is 2.99. The van der Waals surface area contributed by atoms with Crippen LogP contribution in [0.3, 0.4) is 0 Å². The van der Waals surface area contributed by atoms with Crippen molar-refractivity contribution in [3.05, 3.63) is 24.5 Å². The van der Waals surface area contributed by atoms with Crippen LogP contribution in [0.5, 0.6) is 0 Å². The monoisotopic (exact) mass is 458 g/mol. The van der Waals surface area contributed by atoms with Crippen molar-refractivity contribution >= 4 is 23.3 Å². The lowest BCUT2D eigenvalue weighted by molar-refractivity contribution is -0.00955. The van der Waals surface area contributed by atoms with E-state index in [-0.39, 0.29) is 38.4 Å². The number of hydrogen-bond donors (Lipinski definition) is 6. The molecule has 1 fully saturated rings. The third-order valence-electron chi connectivity index (χ3n) is 4.69. The zero-order chi connectivity index (χ0) is 23.6. The first-order valence-corrected chi connectivity index (χ1v) is 10.3. The molecule has 1 aliphatic heterocycles. The zero-order valence-electron chi connectivity index (χ0n) is 18.6. The minimum atomic E-state index is -0.204. The lowest BCUT2D eigenvalue weighted by Crippen LogP contribution is -2.72. The third-order valence-corrected chi connectivity index (χ3v) is 4.69. The van der Waals surface area contributed by atoms with E-state index in [9.17, 15) is 0 Å². The van der Waals surface area contributed by atoms with Crippen LogP contribution in [-0.4, -0.2) is 75.4 Å². The molecular formula is C17H30N16. The molecule has 0 spiro atoms. The summed E-state index contributed by atoms with van der Waals surface area (Å²) in [6.45, 7) is 4.94.